The Morgan fingerprint density at radius 2 is 1.10 bits per heavy atom. The largest absolute Gasteiger partial charge is 0.447 e. The van der Waals surface area contributed by atoms with E-state index in [4.69, 9.17) is 55.1 Å². The van der Waals surface area contributed by atoms with Gasteiger partial charge in [0.25, 0.3) is 11.8 Å². The average molecular weight is 875 g/mol. The first kappa shape index (κ1) is 54.4. The Kier molecular flexibility index (Phi) is 27.8. The van der Waals surface area contributed by atoms with Crippen LogP contribution in [0.15, 0.2) is 0 Å². The summed E-state index contributed by atoms with van der Waals surface area (Å²) in [6.45, 7) is 11.3. The zero-order valence-corrected chi connectivity index (χ0v) is 36.7. The van der Waals surface area contributed by atoms with E-state index in [-0.39, 0.29) is 94.2 Å². The summed E-state index contributed by atoms with van der Waals surface area (Å²) in [5.74, 6) is -2.59. The smallest absolute Gasteiger partial charge is 0.407 e. The highest BCUT2D eigenvalue weighted by Crippen LogP contribution is 2.19. The number of carbonyl (C=O) groups excluding carboxylic acids is 5. The van der Waals surface area contributed by atoms with E-state index in [1.807, 2.05) is 27.7 Å². The van der Waals surface area contributed by atoms with Crippen LogP contribution in [-0.2, 0) is 42.7 Å². The van der Waals surface area contributed by atoms with Crippen LogP contribution < -0.4 is 43.8 Å². The lowest BCUT2D eigenvalue weighted by molar-refractivity contribution is -0.123. The molecule has 23 nitrogen and oxygen atoms in total. The third kappa shape index (κ3) is 25.7. The summed E-state index contributed by atoms with van der Waals surface area (Å²) >= 11 is 0. The van der Waals surface area contributed by atoms with Gasteiger partial charge >= 0.3 is 12.2 Å². The van der Waals surface area contributed by atoms with Crippen molar-refractivity contribution in [2.45, 2.75) is 77.0 Å². The minimum atomic E-state index is -1.02. The first-order valence-electron chi connectivity index (χ1n) is 20.3. The van der Waals surface area contributed by atoms with Gasteiger partial charge in [-0.25, -0.2) is 19.6 Å². The van der Waals surface area contributed by atoms with Crippen LogP contribution in [0.25, 0.3) is 0 Å². The van der Waals surface area contributed by atoms with Crippen LogP contribution in [0, 0.1) is 0 Å². The van der Waals surface area contributed by atoms with Gasteiger partial charge in [0.1, 0.15) is 19.3 Å². The number of nitrogens with one attached hydrogen (secondary N) is 5. The fraction of sp³-hybridized carbons (Fsp3) is 0.763. The maximum Gasteiger partial charge on any atom is 0.407 e. The molecule has 0 fully saturated rings. The number of nitrogen functional groups attached to an aromatic ring is 2. The molecule has 0 saturated heterocycles. The molecule has 0 saturated carbocycles. The zero-order valence-electron chi connectivity index (χ0n) is 36.7. The normalized spacial score (nSPS) is 12.0. The maximum absolute atomic E-state index is 13.2. The van der Waals surface area contributed by atoms with E-state index in [1.54, 1.807) is 14.2 Å². The third-order valence-electron chi connectivity index (χ3n) is 8.50. The van der Waals surface area contributed by atoms with Crippen LogP contribution in [0.5, 0.6) is 0 Å². The molecule has 1 heterocycles. The van der Waals surface area contributed by atoms with E-state index in [1.165, 1.54) is 0 Å². The van der Waals surface area contributed by atoms with Crippen LogP contribution in [0.4, 0.5) is 21.2 Å². The number of methoxy groups -OCH3 is 2. The SMILES string of the molecule is COCCOCCOCCOC(=O)NC(CCCCNC(=O)OCCOC(C)(C)CCOC(C)(C)CCOC)C(=O)NCCNC(=O)c1nc(N)c(C(=O)NCCN)nc1N. The maximum atomic E-state index is 13.2. The molecule has 0 bridgehead atoms. The average Bonchev–Trinajstić information content (AvgIpc) is 3.21. The fourth-order valence-electron chi connectivity index (χ4n) is 4.98. The molecule has 0 radical (unpaired) electrons. The number of carbonyl (C=O) groups is 5. The molecule has 1 aromatic heterocycles. The molecule has 23 heteroatoms. The van der Waals surface area contributed by atoms with Gasteiger partial charge < -0.3 is 81.7 Å². The minimum Gasteiger partial charge on any atom is -0.447 e. The number of rotatable bonds is 34. The van der Waals surface area contributed by atoms with Crippen LogP contribution in [0.2, 0.25) is 0 Å². The highest BCUT2D eigenvalue weighted by molar-refractivity contribution is 6.00. The summed E-state index contributed by atoms with van der Waals surface area (Å²) in [7, 11) is 3.23. The van der Waals surface area contributed by atoms with Crippen molar-refractivity contribution in [3.8, 4) is 0 Å². The Morgan fingerprint density at radius 3 is 1.70 bits per heavy atom. The second kappa shape index (κ2) is 31.2. The van der Waals surface area contributed by atoms with Crippen molar-refractivity contribution >= 4 is 41.5 Å². The molecular formula is C38H70N10O13. The van der Waals surface area contributed by atoms with Gasteiger partial charge in [-0.15, -0.1) is 0 Å². The molecule has 0 aliphatic carbocycles. The number of amides is 5. The lowest BCUT2D eigenvalue weighted by atomic mass is 10.0. The molecule has 1 rings (SSSR count). The fourth-order valence-corrected chi connectivity index (χ4v) is 4.98. The monoisotopic (exact) mass is 875 g/mol. The molecular weight excluding hydrogens is 804 g/mol. The van der Waals surface area contributed by atoms with Crippen LogP contribution in [0.1, 0.15) is 80.8 Å². The van der Waals surface area contributed by atoms with Gasteiger partial charge in [0.15, 0.2) is 23.0 Å². The van der Waals surface area contributed by atoms with Crippen molar-refractivity contribution in [3.05, 3.63) is 11.4 Å². The van der Waals surface area contributed by atoms with E-state index in [0.717, 1.165) is 6.42 Å². The summed E-state index contributed by atoms with van der Waals surface area (Å²) in [5, 5.41) is 12.9. The molecule has 1 unspecified atom stereocenters. The number of anilines is 2. The molecule has 1 aromatic rings. The van der Waals surface area contributed by atoms with Crippen molar-refractivity contribution in [2.24, 2.45) is 5.73 Å². The molecule has 1 atom stereocenters. The predicted octanol–water partition coefficient (Wildman–Crippen LogP) is -0.137. The lowest BCUT2D eigenvalue weighted by Gasteiger charge is -2.29. The van der Waals surface area contributed by atoms with E-state index in [9.17, 15) is 24.0 Å². The Balaban J connectivity index is 2.58. The molecule has 5 amide bonds. The van der Waals surface area contributed by atoms with Crippen molar-refractivity contribution in [1.82, 2.24) is 36.6 Å². The number of unbranched alkanes of at least 4 members (excludes halogenated alkanes) is 1. The van der Waals surface area contributed by atoms with Crippen LogP contribution in [0.3, 0.4) is 0 Å². The zero-order chi connectivity index (χ0) is 45.5. The first-order chi connectivity index (χ1) is 29.1. The number of nitrogens with two attached hydrogens (primary N) is 3. The molecule has 11 N–H and O–H groups in total. The summed E-state index contributed by atoms with van der Waals surface area (Å²) in [5.41, 5.74) is 15.7. The number of nitrogens with zero attached hydrogens (tertiary/aromatic N) is 2. The van der Waals surface area contributed by atoms with Gasteiger partial charge in [-0.3, -0.25) is 14.4 Å². The molecule has 0 aliphatic heterocycles. The minimum absolute atomic E-state index is 0.0460. The Hall–Kier alpha value is -4.65. The van der Waals surface area contributed by atoms with E-state index in [2.05, 4.69) is 36.6 Å². The number of hydrogen-bond acceptors (Lipinski definition) is 18. The highest BCUT2D eigenvalue weighted by atomic mass is 16.6. The van der Waals surface area contributed by atoms with E-state index >= 15 is 0 Å². The van der Waals surface area contributed by atoms with Crippen molar-refractivity contribution in [1.29, 1.82) is 0 Å². The Labute approximate surface area is 358 Å². The third-order valence-corrected chi connectivity index (χ3v) is 8.50. The lowest BCUT2D eigenvalue weighted by Crippen LogP contribution is -2.48. The molecule has 350 valence electrons. The van der Waals surface area contributed by atoms with Gasteiger partial charge in [0.2, 0.25) is 5.91 Å². The predicted molar refractivity (Wildman–Crippen MR) is 224 cm³/mol. The second-order valence-electron chi connectivity index (χ2n) is 14.6. The Morgan fingerprint density at radius 1 is 0.590 bits per heavy atom. The molecule has 0 aromatic carbocycles. The molecule has 0 aliphatic rings. The molecule has 0 spiro atoms. The van der Waals surface area contributed by atoms with Gasteiger partial charge in [0.05, 0.1) is 57.5 Å². The Bertz CT molecular complexity index is 1460. The van der Waals surface area contributed by atoms with Crippen LogP contribution >= 0.6 is 0 Å². The van der Waals surface area contributed by atoms with Gasteiger partial charge in [0, 0.05) is 53.6 Å². The summed E-state index contributed by atoms with van der Waals surface area (Å²) in [6.07, 6.45) is 1.02. The van der Waals surface area contributed by atoms with Gasteiger partial charge in [-0.2, -0.15) is 0 Å². The van der Waals surface area contributed by atoms with Gasteiger partial charge in [-0.05, 0) is 59.8 Å². The van der Waals surface area contributed by atoms with Gasteiger partial charge in [-0.1, -0.05) is 0 Å². The van der Waals surface area contributed by atoms with E-state index in [0.29, 0.717) is 58.9 Å². The van der Waals surface area contributed by atoms with Crippen molar-refractivity contribution in [3.63, 3.8) is 0 Å². The summed E-state index contributed by atoms with van der Waals surface area (Å²) < 4.78 is 43.0. The number of hydrogen-bond donors (Lipinski definition) is 8. The second-order valence-corrected chi connectivity index (χ2v) is 14.6. The topological polar surface area (TPSA) is 323 Å². The number of aromatic nitrogens is 2. The van der Waals surface area contributed by atoms with Crippen LogP contribution in [-0.4, -0.2) is 170 Å². The summed E-state index contributed by atoms with van der Waals surface area (Å²) in [4.78, 5) is 70.8. The van der Waals surface area contributed by atoms with Crippen molar-refractivity contribution in [2.75, 3.05) is 124 Å². The standard InChI is InChI=1S/C38H70N10O13/c1-37(2,10-17-54-5)60-18-11-38(3,4)61-26-25-58-35(52)45-13-8-7-9-27(46-36(53)59-24-23-57-22-21-56-20-19-55-6)32(49)43-15-16-44-34(51)29-31(41)47-28(30(40)48-29)33(50)42-14-12-39/h27H,7-26,39H2,1-6H3,(H2,40,48)(H2,41,47)(H,42,50)(H,43,49)(H,44,51)(H,45,52)(H,46,53). The molecule has 61 heavy (non-hydrogen) atoms. The van der Waals surface area contributed by atoms with Crippen molar-refractivity contribution < 1.29 is 61.9 Å². The number of alkyl carbamates (subject to hydrolysis) is 2. The number of ether oxygens (including phenoxy) is 8. The highest BCUT2D eigenvalue weighted by Gasteiger charge is 2.24. The first-order valence-corrected chi connectivity index (χ1v) is 20.3. The quantitative estimate of drug-likeness (QED) is 0.0418. The summed E-state index contributed by atoms with van der Waals surface area (Å²) in [6, 6.07) is -1.02. The van der Waals surface area contributed by atoms with E-state index < -0.39 is 41.6 Å².